The average molecular weight is 439 g/mol. The van der Waals surface area contributed by atoms with E-state index in [1.54, 1.807) is 50.6 Å². The van der Waals surface area contributed by atoms with Crippen molar-refractivity contribution in [2.75, 3.05) is 30.4 Å². The van der Waals surface area contributed by atoms with Crippen LogP contribution in [0.25, 0.3) is 10.8 Å². The van der Waals surface area contributed by atoms with Crippen LogP contribution in [0, 0.1) is 5.92 Å². The van der Waals surface area contributed by atoms with Crippen LogP contribution in [0.2, 0.25) is 0 Å². The number of rotatable bonds is 5. The standard InChI is InChI=1S/C23H22N2O5S/c1-29-17-9-7-16(8-10-17)25-14-15-13-23(15,31(25,27)28)22(26)24-20-11-12-21(30-2)19-6-4-3-5-18(19)20/h3-12,15H,13-14H2,1-2H3,(H,24,26)/t15-,23-/m1/s1. The maximum absolute atomic E-state index is 13.4. The Balaban J connectivity index is 1.46. The van der Waals surface area contributed by atoms with Crippen molar-refractivity contribution >= 4 is 38.1 Å². The summed E-state index contributed by atoms with van der Waals surface area (Å²) in [5, 5.41) is 4.53. The number of methoxy groups -OCH3 is 2. The lowest BCUT2D eigenvalue weighted by molar-refractivity contribution is -0.116. The Hall–Kier alpha value is -3.26. The van der Waals surface area contributed by atoms with Gasteiger partial charge >= 0.3 is 0 Å². The van der Waals surface area contributed by atoms with Crippen molar-refractivity contribution < 1.29 is 22.7 Å². The molecule has 7 nitrogen and oxygen atoms in total. The van der Waals surface area contributed by atoms with E-state index in [9.17, 15) is 13.2 Å². The average Bonchev–Trinajstić information content (AvgIpc) is 3.49. The zero-order valence-corrected chi connectivity index (χ0v) is 18.0. The summed E-state index contributed by atoms with van der Waals surface area (Å²) in [6.45, 7) is 0.297. The summed E-state index contributed by atoms with van der Waals surface area (Å²) in [6.07, 6.45) is 0.335. The van der Waals surface area contributed by atoms with Gasteiger partial charge in [0, 0.05) is 28.9 Å². The minimum absolute atomic E-state index is 0.232. The van der Waals surface area contributed by atoms with Gasteiger partial charge in [-0.25, -0.2) is 8.42 Å². The molecule has 1 saturated heterocycles. The zero-order valence-electron chi connectivity index (χ0n) is 17.2. The smallest absolute Gasteiger partial charge is 0.250 e. The number of amides is 1. The predicted octanol–water partition coefficient (Wildman–Crippen LogP) is 3.40. The van der Waals surface area contributed by atoms with Crippen molar-refractivity contribution in [2.45, 2.75) is 11.2 Å². The quantitative estimate of drug-likeness (QED) is 0.660. The summed E-state index contributed by atoms with van der Waals surface area (Å²) in [5.41, 5.74) is 1.11. The Morgan fingerprint density at radius 2 is 1.71 bits per heavy atom. The van der Waals surface area contributed by atoms with Crippen molar-refractivity contribution in [1.29, 1.82) is 0 Å². The Morgan fingerprint density at radius 3 is 2.39 bits per heavy atom. The van der Waals surface area contributed by atoms with Crippen molar-refractivity contribution in [2.24, 2.45) is 5.92 Å². The summed E-state index contributed by atoms with van der Waals surface area (Å²) in [5.74, 6) is 0.618. The van der Waals surface area contributed by atoms with Gasteiger partial charge in [-0.3, -0.25) is 9.10 Å². The molecule has 0 aromatic heterocycles. The third kappa shape index (κ3) is 2.78. The third-order valence-corrected chi connectivity index (χ3v) is 8.83. The number of anilines is 2. The number of fused-ring (bicyclic) bond motifs is 2. The molecule has 8 heteroatoms. The minimum atomic E-state index is -3.86. The summed E-state index contributed by atoms with van der Waals surface area (Å²) in [4.78, 5) is 13.3. The van der Waals surface area contributed by atoms with E-state index in [4.69, 9.17) is 9.47 Å². The summed E-state index contributed by atoms with van der Waals surface area (Å²) >= 11 is 0. The number of benzene rings is 3. The molecule has 0 bridgehead atoms. The maximum atomic E-state index is 13.4. The molecule has 31 heavy (non-hydrogen) atoms. The van der Waals surface area contributed by atoms with Crippen LogP contribution in [-0.4, -0.2) is 39.8 Å². The molecular weight excluding hydrogens is 416 g/mol. The first-order chi connectivity index (χ1) is 14.9. The molecular formula is C23H22N2O5S. The van der Waals surface area contributed by atoms with Crippen molar-refractivity contribution in [3.8, 4) is 11.5 Å². The van der Waals surface area contributed by atoms with Crippen molar-refractivity contribution in [3.63, 3.8) is 0 Å². The van der Waals surface area contributed by atoms with Crippen molar-refractivity contribution in [3.05, 3.63) is 60.7 Å². The number of ether oxygens (including phenoxy) is 2. The van der Waals surface area contributed by atoms with Gasteiger partial charge < -0.3 is 14.8 Å². The number of hydrogen-bond donors (Lipinski definition) is 1. The highest BCUT2D eigenvalue weighted by Gasteiger charge is 2.75. The summed E-state index contributed by atoms with van der Waals surface area (Å²) < 4.78 is 37.3. The zero-order chi connectivity index (χ0) is 21.8. The maximum Gasteiger partial charge on any atom is 0.250 e. The van der Waals surface area contributed by atoms with E-state index in [0.29, 0.717) is 35.8 Å². The van der Waals surface area contributed by atoms with E-state index in [2.05, 4.69) is 5.32 Å². The van der Waals surface area contributed by atoms with Crippen LogP contribution in [0.5, 0.6) is 11.5 Å². The molecule has 1 aliphatic carbocycles. The fourth-order valence-electron chi connectivity index (χ4n) is 4.50. The number of nitrogens with zero attached hydrogens (tertiary/aromatic N) is 1. The van der Waals surface area contributed by atoms with Gasteiger partial charge in [-0.1, -0.05) is 24.3 Å². The molecule has 5 rings (SSSR count). The van der Waals surface area contributed by atoms with Crippen LogP contribution in [0.3, 0.4) is 0 Å². The predicted molar refractivity (Wildman–Crippen MR) is 119 cm³/mol. The highest BCUT2D eigenvalue weighted by molar-refractivity contribution is 7.95. The lowest BCUT2D eigenvalue weighted by Crippen LogP contribution is -2.42. The fraction of sp³-hybridized carbons (Fsp3) is 0.261. The Bertz CT molecular complexity index is 1290. The second-order valence-corrected chi connectivity index (χ2v) is 9.96. The molecule has 3 aromatic carbocycles. The van der Waals surface area contributed by atoms with Crippen molar-refractivity contribution in [1.82, 2.24) is 0 Å². The van der Waals surface area contributed by atoms with Gasteiger partial charge in [0.2, 0.25) is 15.9 Å². The molecule has 1 amide bonds. The SMILES string of the molecule is COc1ccc(N2C[C@H]3C[C@@]3(C(=O)Nc3ccc(OC)c4ccccc34)S2(=O)=O)cc1. The van der Waals surface area contributed by atoms with Crippen LogP contribution in [-0.2, 0) is 14.8 Å². The largest absolute Gasteiger partial charge is 0.497 e. The Morgan fingerprint density at radius 1 is 1.00 bits per heavy atom. The van der Waals surface area contributed by atoms with E-state index >= 15 is 0 Å². The molecule has 1 saturated carbocycles. The van der Waals surface area contributed by atoms with E-state index < -0.39 is 20.7 Å². The molecule has 1 heterocycles. The minimum Gasteiger partial charge on any atom is -0.497 e. The lowest BCUT2D eigenvalue weighted by atomic mass is 10.1. The number of hydrogen-bond acceptors (Lipinski definition) is 5. The molecule has 1 aliphatic heterocycles. The van der Waals surface area contributed by atoms with Crippen LogP contribution < -0.4 is 19.1 Å². The van der Waals surface area contributed by atoms with Gasteiger partial charge in [0.1, 0.15) is 11.5 Å². The molecule has 2 aliphatic rings. The van der Waals surface area contributed by atoms with E-state index in [-0.39, 0.29) is 5.92 Å². The first-order valence-corrected chi connectivity index (χ1v) is 11.4. The highest BCUT2D eigenvalue weighted by Crippen LogP contribution is 2.58. The van der Waals surface area contributed by atoms with Gasteiger partial charge in [0.25, 0.3) is 0 Å². The topological polar surface area (TPSA) is 84.9 Å². The van der Waals surface area contributed by atoms with Gasteiger partial charge in [-0.15, -0.1) is 0 Å². The number of sulfonamides is 1. The third-order valence-electron chi connectivity index (χ3n) is 6.28. The monoisotopic (exact) mass is 438 g/mol. The first kappa shape index (κ1) is 19.7. The first-order valence-electron chi connectivity index (χ1n) is 9.96. The van der Waals surface area contributed by atoms with E-state index in [0.717, 1.165) is 10.8 Å². The second kappa shape index (κ2) is 6.88. The van der Waals surface area contributed by atoms with Crippen LogP contribution in [0.1, 0.15) is 6.42 Å². The van der Waals surface area contributed by atoms with E-state index in [1.807, 2.05) is 24.3 Å². The van der Waals surface area contributed by atoms with Crippen LogP contribution >= 0.6 is 0 Å². The Kier molecular flexibility index (Phi) is 4.37. The van der Waals surface area contributed by atoms with Crippen LogP contribution in [0.4, 0.5) is 11.4 Å². The van der Waals surface area contributed by atoms with Crippen LogP contribution in [0.15, 0.2) is 60.7 Å². The van der Waals surface area contributed by atoms with Gasteiger partial charge in [0.05, 0.1) is 19.9 Å². The number of carbonyl (C=O) groups excluding carboxylic acids is 1. The number of nitrogens with one attached hydrogen (secondary N) is 1. The molecule has 0 unspecified atom stereocenters. The summed E-state index contributed by atoms with van der Waals surface area (Å²) in [6, 6.07) is 17.9. The molecule has 1 N–H and O–H groups in total. The number of carbonyl (C=O) groups is 1. The molecule has 0 spiro atoms. The van der Waals surface area contributed by atoms with Gasteiger partial charge in [0.15, 0.2) is 4.75 Å². The highest BCUT2D eigenvalue weighted by atomic mass is 32.2. The molecule has 2 fully saturated rings. The van der Waals surface area contributed by atoms with Gasteiger partial charge in [-0.05, 0) is 42.8 Å². The van der Waals surface area contributed by atoms with E-state index in [1.165, 1.54) is 4.31 Å². The Labute approximate surface area is 180 Å². The van der Waals surface area contributed by atoms with Gasteiger partial charge in [-0.2, -0.15) is 0 Å². The normalized spacial score (nSPS) is 23.3. The fourth-order valence-corrected chi connectivity index (χ4v) is 6.87. The molecule has 3 aromatic rings. The molecule has 160 valence electrons. The lowest BCUT2D eigenvalue weighted by Gasteiger charge is -2.23. The molecule has 0 radical (unpaired) electrons. The second-order valence-electron chi connectivity index (χ2n) is 7.84. The molecule has 2 atom stereocenters. The summed E-state index contributed by atoms with van der Waals surface area (Å²) in [7, 11) is -0.711.